The zero-order chi connectivity index (χ0) is 9.26. The fourth-order valence-corrected chi connectivity index (χ4v) is 1.38. The van der Waals surface area contributed by atoms with Crippen LogP contribution in [0.3, 0.4) is 0 Å². The molecular formula is C11H11N2. The van der Waals surface area contributed by atoms with E-state index in [1.165, 1.54) is 0 Å². The molecule has 2 rings (SSSR count). The quantitative estimate of drug-likeness (QED) is 0.644. The summed E-state index contributed by atoms with van der Waals surface area (Å²) < 4.78 is 0. The lowest BCUT2D eigenvalue weighted by molar-refractivity contribution is 0.955. The first kappa shape index (κ1) is 8.67. The Labute approximate surface area is 79.4 Å². The number of hydrogen-bond acceptors (Lipinski definition) is 2. The van der Waals surface area contributed by atoms with Gasteiger partial charge in [-0.1, -0.05) is 0 Å². The Morgan fingerprint density at radius 2 is 1.46 bits per heavy atom. The molecule has 5 radical (unpaired) electrons. The van der Waals surface area contributed by atoms with Gasteiger partial charge in [-0.15, -0.1) is 0 Å². The lowest BCUT2D eigenvalue weighted by atomic mass is 10.1. The van der Waals surface area contributed by atoms with E-state index < -0.39 is 0 Å². The van der Waals surface area contributed by atoms with Crippen molar-refractivity contribution in [2.75, 3.05) is 0 Å². The molecule has 0 aliphatic heterocycles. The molecule has 13 heavy (non-hydrogen) atoms. The summed E-state index contributed by atoms with van der Waals surface area (Å²) in [7, 11) is 0. The molecule has 1 aromatic heterocycles. The van der Waals surface area contributed by atoms with Gasteiger partial charge in [-0.25, -0.2) is 9.97 Å². The van der Waals surface area contributed by atoms with Crippen LogP contribution < -0.4 is 0 Å². The number of aryl methyl sites for hydroxylation is 2. The lowest BCUT2D eigenvalue weighted by Gasteiger charge is -2.07. The van der Waals surface area contributed by atoms with Gasteiger partial charge in [-0.3, -0.25) is 0 Å². The molecule has 0 atom stereocenters. The van der Waals surface area contributed by atoms with E-state index in [1.807, 2.05) is 45.6 Å². The van der Waals surface area contributed by atoms with E-state index in [0.717, 1.165) is 23.1 Å². The average molecular weight is 171 g/mol. The van der Waals surface area contributed by atoms with E-state index >= 15 is 0 Å². The third-order valence-electron chi connectivity index (χ3n) is 1.90. The molecule has 0 saturated heterocycles. The highest BCUT2D eigenvalue weighted by Crippen LogP contribution is 2.27. The molecule has 0 bridgehead atoms. The van der Waals surface area contributed by atoms with Gasteiger partial charge in [0.2, 0.25) is 0 Å². The van der Waals surface area contributed by atoms with Crippen molar-refractivity contribution >= 4 is 0 Å². The number of aromatic nitrogens is 2. The first-order valence-corrected chi connectivity index (χ1v) is 4.30. The minimum atomic E-state index is 0.822. The molecule has 0 N–H and O–H groups in total. The van der Waals surface area contributed by atoms with E-state index in [0.29, 0.717) is 0 Å². The monoisotopic (exact) mass is 171 g/mol. The molecule has 1 saturated carbocycles. The molecule has 2 nitrogen and oxygen atoms in total. The highest BCUT2D eigenvalue weighted by molar-refractivity contribution is 5.44. The summed E-state index contributed by atoms with van der Waals surface area (Å²) in [5.41, 5.74) is 2.03. The van der Waals surface area contributed by atoms with Crippen molar-refractivity contribution < 1.29 is 0 Å². The van der Waals surface area contributed by atoms with Gasteiger partial charge in [0.25, 0.3) is 0 Å². The van der Waals surface area contributed by atoms with E-state index in [2.05, 4.69) is 9.97 Å². The average Bonchev–Trinajstić information content (AvgIpc) is 2.53. The molecule has 0 aromatic carbocycles. The highest BCUT2D eigenvalue weighted by Gasteiger charge is 2.21. The van der Waals surface area contributed by atoms with Crippen LogP contribution in [0.1, 0.15) is 17.2 Å². The summed E-state index contributed by atoms with van der Waals surface area (Å²) in [6.45, 7) is 3.97. The second kappa shape index (κ2) is 3.44. The van der Waals surface area contributed by atoms with Crippen LogP contribution in [0.5, 0.6) is 0 Å². The second-order valence-electron chi connectivity index (χ2n) is 3.15. The number of hydrogen-bond donors (Lipinski definition) is 0. The predicted molar refractivity (Wildman–Crippen MR) is 51.1 cm³/mol. The SMILES string of the molecule is Cc1cc(C)nc([C]2[CH][CH][CH][CH]2)n1. The van der Waals surface area contributed by atoms with Gasteiger partial charge < -0.3 is 0 Å². The van der Waals surface area contributed by atoms with Gasteiger partial charge in [-0.05, 0) is 45.6 Å². The van der Waals surface area contributed by atoms with Crippen molar-refractivity contribution in [1.82, 2.24) is 9.97 Å². The zero-order valence-corrected chi connectivity index (χ0v) is 7.78. The molecule has 0 unspecified atom stereocenters. The summed E-state index contributed by atoms with van der Waals surface area (Å²) in [6.07, 6.45) is 8.04. The van der Waals surface area contributed by atoms with Crippen molar-refractivity contribution in [3.05, 3.63) is 54.9 Å². The summed E-state index contributed by atoms with van der Waals surface area (Å²) in [4.78, 5) is 8.73. The molecule has 0 spiro atoms. The third-order valence-corrected chi connectivity index (χ3v) is 1.90. The largest absolute Gasteiger partial charge is 0.238 e. The van der Waals surface area contributed by atoms with Crippen LogP contribution in [0.15, 0.2) is 6.07 Å². The van der Waals surface area contributed by atoms with Crippen LogP contribution in [0, 0.1) is 45.4 Å². The Morgan fingerprint density at radius 3 is 2.00 bits per heavy atom. The molecule has 1 aromatic rings. The van der Waals surface area contributed by atoms with Gasteiger partial charge in [0.1, 0.15) is 5.82 Å². The summed E-state index contributed by atoms with van der Waals surface area (Å²) in [5, 5.41) is 0. The van der Waals surface area contributed by atoms with Crippen molar-refractivity contribution in [3.8, 4) is 0 Å². The van der Waals surface area contributed by atoms with Gasteiger partial charge in [0.15, 0.2) is 0 Å². The minimum Gasteiger partial charge on any atom is -0.238 e. The van der Waals surface area contributed by atoms with E-state index in [9.17, 15) is 0 Å². The molecule has 65 valence electrons. The molecule has 1 heterocycles. The van der Waals surface area contributed by atoms with Crippen LogP contribution in [-0.4, -0.2) is 9.97 Å². The maximum atomic E-state index is 4.37. The maximum Gasteiger partial charge on any atom is 0.136 e. The highest BCUT2D eigenvalue weighted by atomic mass is 14.9. The van der Waals surface area contributed by atoms with Crippen LogP contribution in [-0.2, 0) is 0 Å². The Kier molecular flexibility index (Phi) is 2.30. The fourth-order valence-electron chi connectivity index (χ4n) is 1.38. The van der Waals surface area contributed by atoms with E-state index in [4.69, 9.17) is 0 Å². The summed E-state index contributed by atoms with van der Waals surface area (Å²) in [5.74, 6) is 1.91. The summed E-state index contributed by atoms with van der Waals surface area (Å²) in [6, 6.07) is 1.98. The topological polar surface area (TPSA) is 25.8 Å². The van der Waals surface area contributed by atoms with Gasteiger partial charge in [0.05, 0.1) is 5.92 Å². The van der Waals surface area contributed by atoms with Crippen molar-refractivity contribution in [2.45, 2.75) is 13.8 Å². The lowest BCUT2D eigenvalue weighted by Crippen LogP contribution is -2.04. The summed E-state index contributed by atoms with van der Waals surface area (Å²) >= 11 is 0. The predicted octanol–water partition coefficient (Wildman–Crippen LogP) is 1.85. The van der Waals surface area contributed by atoms with E-state index in [-0.39, 0.29) is 0 Å². The number of rotatable bonds is 1. The Bertz CT molecular complexity index is 281. The Morgan fingerprint density at radius 1 is 0.923 bits per heavy atom. The van der Waals surface area contributed by atoms with Crippen LogP contribution >= 0.6 is 0 Å². The first-order chi connectivity index (χ1) is 6.25. The van der Waals surface area contributed by atoms with Crippen molar-refractivity contribution in [2.24, 2.45) is 0 Å². The normalized spacial score (nSPS) is 18.0. The van der Waals surface area contributed by atoms with Crippen LogP contribution in [0.4, 0.5) is 0 Å². The molecule has 0 amide bonds. The van der Waals surface area contributed by atoms with Gasteiger partial charge >= 0.3 is 0 Å². The molecule has 2 heteroatoms. The standard InChI is InChI=1S/C11H11N2/c1-8-7-9(2)13-11(12-8)10-5-3-4-6-10/h3-7H,1-2H3. The zero-order valence-electron chi connectivity index (χ0n) is 7.78. The third kappa shape index (κ3) is 1.87. The smallest absolute Gasteiger partial charge is 0.136 e. The van der Waals surface area contributed by atoms with Crippen molar-refractivity contribution in [1.29, 1.82) is 0 Å². The molecular weight excluding hydrogens is 160 g/mol. The second-order valence-corrected chi connectivity index (χ2v) is 3.15. The van der Waals surface area contributed by atoms with Crippen molar-refractivity contribution in [3.63, 3.8) is 0 Å². The molecule has 1 aliphatic rings. The van der Waals surface area contributed by atoms with Crippen LogP contribution in [0.2, 0.25) is 0 Å². The van der Waals surface area contributed by atoms with Crippen LogP contribution in [0.25, 0.3) is 0 Å². The minimum absolute atomic E-state index is 0.822. The molecule has 1 fully saturated rings. The van der Waals surface area contributed by atoms with E-state index in [1.54, 1.807) is 0 Å². The first-order valence-electron chi connectivity index (χ1n) is 4.30. The van der Waals surface area contributed by atoms with Gasteiger partial charge in [-0.2, -0.15) is 0 Å². The molecule has 1 aliphatic carbocycles. The number of nitrogens with zero attached hydrogens (tertiary/aromatic N) is 2. The van der Waals surface area contributed by atoms with Gasteiger partial charge in [0, 0.05) is 11.4 Å². The fraction of sp³-hybridized carbons (Fsp3) is 0.182. The Balaban J connectivity index is 2.28. The Hall–Kier alpha value is -0.920. The maximum absolute atomic E-state index is 4.37.